The number of rotatable bonds is 5. The summed E-state index contributed by atoms with van der Waals surface area (Å²) < 4.78 is 25.3. The lowest BCUT2D eigenvalue weighted by Crippen LogP contribution is -2.14. The van der Waals surface area contributed by atoms with Gasteiger partial charge in [0.05, 0.1) is 11.1 Å². The van der Waals surface area contributed by atoms with Crippen LogP contribution in [0.4, 0.5) is 0 Å². The fraction of sp³-hybridized carbons (Fsp3) is 0.227. The topological polar surface area (TPSA) is 59.2 Å². The molecule has 238 valence electrons. The molecular formula is C44H40N2O2. The van der Waals surface area contributed by atoms with Gasteiger partial charge < -0.3 is 9.52 Å². The second-order valence-electron chi connectivity index (χ2n) is 13.9. The predicted molar refractivity (Wildman–Crippen MR) is 196 cm³/mol. The molecule has 1 fully saturated rings. The van der Waals surface area contributed by atoms with Crippen molar-refractivity contribution in [1.82, 2.24) is 9.97 Å². The highest BCUT2D eigenvalue weighted by Crippen LogP contribution is 2.44. The number of pyridine rings is 1. The number of phenolic OH excluding ortho intramolecular Hbond substituents is 1. The Kier molecular flexibility index (Phi) is 7.02. The fourth-order valence-corrected chi connectivity index (χ4v) is 7.24. The van der Waals surface area contributed by atoms with E-state index in [1.165, 1.54) is 5.56 Å². The summed E-state index contributed by atoms with van der Waals surface area (Å²) in [4.78, 5) is 9.81. The van der Waals surface area contributed by atoms with E-state index >= 15 is 0 Å². The normalized spacial score (nSPS) is 20.5. The number of para-hydroxylation sites is 2. The third-order valence-corrected chi connectivity index (χ3v) is 9.74. The number of phenols is 1. The molecule has 2 aromatic heterocycles. The van der Waals surface area contributed by atoms with Crippen molar-refractivity contribution in [2.75, 3.05) is 0 Å². The van der Waals surface area contributed by atoms with Crippen molar-refractivity contribution in [1.29, 1.82) is 0 Å². The van der Waals surface area contributed by atoms with E-state index in [-0.39, 0.29) is 11.2 Å². The van der Waals surface area contributed by atoms with Crippen LogP contribution in [0.2, 0.25) is 0 Å². The highest BCUT2D eigenvalue weighted by molar-refractivity contribution is 5.98. The molecule has 0 spiro atoms. The van der Waals surface area contributed by atoms with Crippen molar-refractivity contribution in [3.63, 3.8) is 0 Å². The first-order valence-electron chi connectivity index (χ1n) is 17.8. The smallest absolute Gasteiger partial charge is 0.231 e. The van der Waals surface area contributed by atoms with E-state index in [4.69, 9.17) is 14.4 Å². The maximum Gasteiger partial charge on any atom is 0.231 e. The van der Waals surface area contributed by atoms with Gasteiger partial charge in [-0.25, -0.2) is 4.98 Å². The molecule has 1 N–H and O–H groups in total. The van der Waals surface area contributed by atoms with Crippen LogP contribution in [0.25, 0.3) is 55.7 Å². The molecule has 1 saturated carbocycles. The Morgan fingerprint density at radius 1 is 0.667 bits per heavy atom. The number of aromatic hydroxyl groups is 1. The van der Waals surface area contributed by atoms with Gasteiger partial charge in [0.2, 0.25) is 5.89 Å². The zero-order valence-electron chi connectivity index (χ0n) is 29.6. The van der Waals surface area contributed by atoms with Gasteiger partial charge in [0.1, 0.15) is 11.3 Å². The number of hydrogen-bond acceptors (Lipinski definition) is 4. The van der Waals surface area contributed by atoms with Crippen LogP contribution >= 0.6 is 0 Å². The maximum absolute atomic E-state index is 10.5. The van der Waals surface area contributed by atoms with Crippen LogP contribution in [0, 0.1) is 0 Å². The lowest BCUT2D eigenvalue weighted by molar-refractivity contribution is 0.396. The van der Waals surface area contributed by atoms with Crippen LogP contribution in [0.1, 0.15) is 77.7 Å². The van der Waals surface area contributed by atoms with E-state index < -0.39 is 11.8 Å². The third-order valence-electron chi connectivity index (χ3n) is 9.74. The van der Waals surface area contributed by atoms with Crippen molar-refractivity contribution < 1.29 is 12.3 Å². The standard InChI is InChI=1S/C44H40N2O2/c1-44(2,3)38-23-24-45-41-36(26-33(27-37(38)41)30-21-19-29(20-22-30)28-11-5-4-6-12-28)32-14-9-13-31(25-32)34-16-10-18-40-42(34)46-43(48-40)35-15-7-8-17-39(35)47/h4-18,23-27,29-30,47H,19-22H2,1-3H3/i29D,30D. The van der Waals surface area contributed by atoms with Gasteiger partial charge in [-0.2, -0.15) is 0 Å². The molecule has 1 aliphatic carbocycles. The van der Waals surface area contributed by atoms with Crippen LogP contribution < -0.4 is 0 Å². The molecule has 48 heavy (non-hydrogen) atoms. The van der Waals surface area contributed by atoms with E-state index in [0.717, 1.165) is 49.8 Å². The van der Waals surface area contributed by atoms with E-state index in [0.29, 0.717) is 42.7 Å². The highest BCUT2D eigenvalue weighted by Gasteiger charge is 2.26. The first-order valence-corrected chi connectivity index (χ1v) is 16.8. The van der Waals surface area contributed by atoms with Crippen LogP contribution in [0.3, 0.4) is 0 Å². The van der Waals surface area contributed by atoms with Crippen LogP contribution in [-0.2, 0) is 5.41 Å². The molecule has 0 aliphatic heterocycles. The molecule has 0 atom stereocenters. The summed E-state index contributed by atoms with van der Waals surface area (Å²) in [5.74, 6) is -1.01. The fourth-order valence-electron chi connectivity index (χ4n) is 7.24. The van der Waals surface area contributed by atoms with Gasteiger partial charge in [-0.15, -0.1) is 0 Å². The zero-order valence-corrected chi connectivity index (χ0v) is 27.6. The lowest BCUT2D eigenvalue weighted by Gasteiger charge is -2.30. The summed E-state index contributed by atoms with van der Waals surface area (Å²) in [6.45, 7) is 6.67. The number of nitrogens with zero attached hydrogens (tertiary/aromatic N) is 2. The Morgan fingerprint density at radius 2 is 1.33 bits per heavy atom. The van der Waals surface area contributed by atoms with Gasteiger partial charge >= 0.3 is 0 Å². The molecule has 0 bridgehead atoms. The van der Waals surface area contributed by atoms with E-state index in [1.54, 1.807) is 18.2 Å². The molecule has 2 heterocycles. The average molecular weight is 631 g/mol. The van der Waals surface area contributed by atoms with Gasteiger partial charge in [0.15, 0.2) is 5.58 Å². The quantitative estimate of drug-likeness (QED) is 0.206. The molecule has 4 heteroatoms. The van der Waals surface area contributed by atoms with E-state index in [9.17, 15) is 7.85 Å². The van der Waals surface area contributed by atoms with Crippen molar-refractivity contribution in [2.45, 2.75) is 63.7 Å². The second kappa shape index (κ2) is 12.1. The molecular weight excluding hydrogens is 588 g/mol. The Labute approximate surface area is 285 Å². The number of oxazole rings is 1. The van der Waals surface area contributed by atoms with Crippen molar-refractivity contribution in [3.8, 4) is 39.5 Å². The number of benzene rings is 5. The van der Waals surface area contributed by atoms with E-state index in [2.05, 4.69) is 75.4 Å². The molecule has 0 saturated heterocycles. The molecule has 1 aliphatic rings. The Morgan fingerprint density at radius 3 is 2.08 bits per heavy atom. The Bertz CT molecular complexity index is 2370. The minimum atomic E-state index is -0.823. The maximum atomic E-state index is 10.5. The average Bonchev–Trinajstić information content (AvgIpc) is 3.57. The molecule has 0 unspecified atom stereocenters. The Balaban J connectivity index is 1.25. The van der Waals surface area contributed by atoms with Gasteiger partial charge in [-0.3, -0.25) is 4.98 Å². The second-order valence-corrected chi connectivity index (χ2v) is 13.9. The third kappa shape index (κ3) is 5.56. The van der Waals surface area contributed by atoms with Gasteiger partial charge in [0, 0.05) is 25.5 Å². The lowest BCUT2D eigenvalue weighted by atomic mass is 9.75. The van der Waals surface area contributed by atoms with Crippen LogP contribution in [0.15, 0.2) is 126 Å². The predicted octanol–water partition coefficient (Wildman–Crippen LogP) is 11.8. The van der Waals surface area contributed by atoms with E-state index in [1.807, 2.05) is 48.7 Å². The summed E-state index contributed by atoms with van der Waals surface area (Å²) in [5.41, 5.74) is 9.82. The minimum absolute atomic E-state index is 0.120. The first kappa shape index (κ1) is 27.9. The van der Waals surface area contributed by atoms with Gasteiger partial charge in [-0.05, 0) is 113 Å². The number of hydrogen-bond donors (Lipinski definition) is 1. The molecule has 4 nitrogen and oxygen atoms in total. The largest absolute Gasteiger partial charge is 0.507 e. The SMILES string of the molecule is [2H]C1(c2ccccc2)CCC([2H])(c2cc(-c3cccc(-c4cccc5oc(-c6ccccc6O)nc45)c3)c3nccc(C(C)(C)C)c3c2)CC1. The number of fused-ring (bicyclic) bond motifs is 2. The number of aromatic nitrogens is 2. The van der Waals surface area contributed by atoms with Crippen LogP contribution in [-0.4, -0.2) is 15.1 Å². The Hall–Kier alpha value is -5.22. The van der Waals surface area contributed by atoms with Crippen molar-refractivity contribution in [2.24, 2.45) is 0 Å². The summed E-state index contributed by atoms with van der Waals surface area (Å²) in [7, 11) is 0. The summed E-state index contributed by atoms with van der Waals surface area (Å²) in [6, 6.07) is 38.0. The van der Waals surface area contributed by atoms with Crippen molar-refractivity contribution in [3.05, 3.63) is 138 Å². The monoisotopic (exact) mass is 630 g/mol. The summed E-state index contributed by atoms with van der Waals surface area (Å²) >= 11 is 0. The minimum Gasteiger partial charge on any atom is -0.507 e. The van der Waals surface area contributed by atoms with Gasteiger partial charge in [-0.1, -0.05) is 93.6 Å². The molecule has 7 aromatic rings. The molecule has 8 rings (SSSR count). The summed E-state index contributed by atoms with van der Waals surface area (Å²) in [5, 5.41) is 11.5. The summed E-state index contributed by atoms with van der Waals surface area (Å²) in [6.07, 6.45) is 4.38. The van der Waals surface area contributed by atoms with Gasteiger partial charge in [0.25, 0.3) is 0 Å². The first-order chi connectivity index (χ1) is 24.0. The zero-order chi connectivity index (χ0) is 34.7. The molecule has 0 radical (unpaired) electrons. The molecule has 5 aromatic carbocycles. The van der Waals surface area contributed by atoms with Crippen molar-refractivity contribution >= 4 is 22.0 Å². The van der Waals surface area contributed by atoms with Crippen LogP contribution in [0.5, 0.6) is 5.75 Å². The highest BCUT2D eigenvalue weighted by atomic mass is 16.3. The molecule has 0 amide bonds.